The first kappa shape index (κ1) is 27.8. The van der Waals surface area contributed by atoms with E-state index in [-0.39, 0.29) is 0 Å². The summed E-state index contributed by atoms with van der Waals surface area (Å²) in [5.41, 5.74) is 1.58. The van der Waals surface area contributed by atoms with E-state index in [1.807, 2.05) is 0 Å². The van der Waals surface area contributed by atoms with E-state index in [2.05, 4.69) is 9.47 Å². The normalized spacial score (nSPS) is 11.5. The zero-order chi connectivity index (χ0) is 27.1. The number of carbonyl (C=O) groups is 1. The first-order chi connectivity index (χ1) is 17.4. The Hall–Kier alpha value is -3.80. The minimum atomic E-state index is -4.85. The van der Waals surface area contributed by atoms with Gasteiger partial charge in [0.1, 0.15) is 17.2 Å². The highest BCUT2D eigenvalue weighted by molar-refractivity contribution is 7.99. The first-order valence-corrected chi connectivity index (χ1v) is 11.4. The largest absolute Gasteiger partial charge is 0.573 e. The number of carboxylic acids is 1. The SMILES string of the molecule is O=C(O)COc1ccc(SCC=C(c2ccc(OC(F)(F)F)cc2)c2ccc(OC(F)(F)F)cc2)cc1. The predicted octanol–water partition coefficient (Wildman–Crippen LogP) is 7.17. The number of benzene rings is 3. The Kier molecular flexibility index (Phi) is 8.98. The molecule has 37 heavy (non-hydrogen) atoms. The molecule has 0 radical (unpaired) electrons. The summed E-state index contributed by atoms with van der Waals surface area (Å²) in [7, 11) is 0. The Morgan fingerprint density at radius 3 is 1.57 bits per heavy atom. The Bertz CT molecular complexity index is 1140. The molecule has 0 aliphatic carbocycles. The van der Waals surface area contributed by atoms with Crippen molar-refractivity contribution in [2.45, 2.75) is 17.6 Å². The number of thioether (sulfide) groups is 1. The molecule has 5 nitrogen and oxygen atoms in total. The fourth-order valence-corrected chi connectivity index (χ4v) is 3.84. The van der Waals surface area contributed by atoms with Gasteiger partial charge in [-0.1, -0.05) is 30.3 Å². The average molecular weight is 544 g/mol. The Labute approximate surface area is 211 Å². The van der Waals surface area contributed by atoms with Gasteiger partial charge in [0.15, 0.2) is 6.61 Å². The zero-order valence-corrected chi connectivity index (χ0v) is 19.5. The Balaban J connectivity index is 1.80. The molecule has 0 aromatic heterocycles. The smallest absolute Gasteiger partial charge is 0.482 e. The minimum Gasteiger partial charge on any atom is -0.482 e. The summed E-state index contributed by atoms with van der Waals surface area (Å²) >= 11 is 1.40. The van der Waals surface area contributed by atoms with E-state index >= 15 is 0 Å². The van der Waals surface area contributed by atoms with Crippen LogP contribution in [0.2, 0.25) is 0 Å². The molecular formula is C25H18F6O5S. The van der Waals surface area contributed by atoms with Crippen LogP contribution in [0.15, 0.2) is 83.8 Å². The third-order valence-corrected chi connectivity index (χ3v) is 5.46. The quantitative estimate of drug-likeness (QED) is 0.216. The molecule has 0 saturated heterocycles. The van der Waals surface area contributed by atoms with Gasteiger partial charge in [0.05, 0.1) is 0 Å². The molecule has 0 fully saturated rings. The van der Waals surface area contributed by atoms with Gasteiger partial charge >= 0.3 is 18.7 Å². The van der Waals surface area contributed by atoms with Crippen molar-refractivity contribution in [1.82, 2.24) is 0 Å². The van der Waals surface area contributed by atoms with Gasteiger partial charge in [-0.05, 0) is 65.2 Å². The van der Waals surface area contributed by atoms with Crippen molar-refractivity contribution in [3.63, 3.8) is 0 Å². The molecule has 0 aliphatic rings. The lowest BCUT2D eigenvalue weighted by Gasteiger charge is -2.13. The van der Waals surface area contributed by atoms with Crippen molar-refractivity contribution < 1.29 is 50.5 Å². The Morgan fingerprint density at radius 1 is 0.730 bits per heavy atom. The summed E-state index contributed by atoms with van der Waals surface area (Å²) in [5, 5.41) is 8.67. The van der Waals surface area contributed by atoms with Gasteiger partial charge in [-0.3, -0.25) is 0 Å². The maximum absolute atomic E-state index is 12.5. The molecule has 196 valence electrons. The molecule has 3 rings (SSSR count). The van der Waals surface area contributed by atoms with Crippen LogP contribution in [-0.4, -0.2) is 36.2 Å². The second kappa shape index (κ2) is 12.0. The van der Waals surface area contributed by atoms with Crippen molar-refractivity contribution in [2.24, 2.45) is 0 Å². The highest BCUT2D eigenvalue weighted by Gasteiger charge is 2.31. The molecule has 0 aliphatic heterocycles. The van der Waals surface area contributed by atoms with Crippen LogP contribution >= 0.6 is 11.8 Å². The summed E-state index contributed by atoms with van der Waals surface area (Å²) in [6.45, 7) is -0.474. The van der Waals surface area contributed by atoms with Crippen LogP contribution in [0.5, 0.6) is 17.2 Å². The van der Waals surface area contributed by atoms with E-state index in [0.717, 1.165) is 29.2 Å². The van der Waals surface area contributed by atoms with E-state index in [1.54, 1.807) is 30.3 Å². The van der Waals surface area contributed by atoms with Crippen molar-refractivity contribution in [3.8, 4) is 17.2 Å². The average Bonchev–Trinajstić information content (AvgIpc) is 2.81. The van der Waals surface area contributed by atoms with Crippen LogP contribution in [0, 0.1) is 0 Å². The van der Waals surface area contributed by atoms with E-state index < -0.39 is 36.8 Å². The van der Waals surface area contributed by atoms with E-state index in [1.165, 1.54) is 36.0 Å². The number of halogens is 6. The molecule has 0 spiro atoms. The number of carboxylic acid groups (broad SMARTS) is 1. The molecule has 12 heteroatoms. The van der Waals surface area contributed by atoms with Crippen molar-refractivity contribution >= 4 is 23.3 Å². The van der Waals surface area contributed by atoms with E-state index in [9.17, 15) is 31.1 Å². The van der Waals surface area contributed by atoms with Gasteiger partial charge in [0.25, 0.3) is 0 Å². The molecule has 1 N–H and O–H groups in total. The summed E-state index contributed by atoms with van der Waals surface area (Å²) < 4.78 is 87.8. The van der Waals surface area contributed by atoms with Crippen LogP contribution in [0.3, 0.4) is 0 Å². The van der Waals surface area contributed by atoms with Gasteiger partial charge in [0.2, 0.25) is 0 Å². The monoisotopic (exact) mass is 544 g/mol. The van der Waals surface area contributed by atoms with Crippen LogP contribution < -0.4 is 14.2 Å². The van der Waals surface area contributed by atoms with Gasteiger partial charge in [-0.25, -0.2) is 4.79 Å². The molecule has 0 heterocycles. The molecule has 0 saturated carbocycles. The van der Waals surface area contributed by atoms with Crippen molar-refractivity contribution in [3.05, 3.63) is 90.0 Å². The lowest BCUT2D eigenvalue weighted by Crippen LogP contribution is -2.17. The second-order valence-corrected chi connectivity index (χ2v) is 8.32. The summed E-state index contributed by atoms with van der Waals surface area (Å²) in [6, 6.07) is 16.9. The first-order valence-electron chi connectivity index (χ1n) is 10.4. The zero-order valence-electron chi connectivity index (χ0n) is 18.7. The number of hydrogen-bond acceptors (Lipinski definition) is 5. The highest BCUT2D eigenvalue weighted by Crippen LogP contribution is 2.31. The van der Waals surface area contributed by atoms with E-state index in [0.29, 0.717) is 28.2 Å². The van der Waals surface area contributed by atoms with Crippen LogP contribution in [0.1, 0.15) is 11.1 Å². The number of hydrogen-bond donors (Lipinski definition) is 1. The van der Waals surface area contributed by atoms with Gasteiger partial charge in [-0.2, -0.15) is 0 Å². The predicted molar refractivity (Wildman–Crippen MR) is 124 cm³/mol. The number of alkyl halides is 6. The van der Waals surface area contributed by atoms with Crippen LogP contribution in [-0.2, 0) is 4.79 Å². The molecule has 0 bridgehead atoms. The summed E-state index contributed by atoms with van der Waals surface area (Å²) in [4.78, 5) is 11.4. The molecule has 3 aromatic carbocycles. The van der Waals surface area contributed by atoms with E-state index in [4.69, 9.17) is 9.84 Å². The third-order valence-electron chi connectivity index (χ3n) is 4.52. The molecule has 0 atom stereocenters. The topological polar surface area (TPSA) is 65.0 Å². The van der Waals surface area contributed by atoms with Crippen molar-refractivity contribution in [2.75, 3.05) is 12.4 Å². The number of rotatable bonds is 10. The third kappa shape index (κ3) is 9.64. The summed E-state index contributed by atoms with van der Waals surface area (Å²) in [5.74, 6) is -1.16. The second-order valence-electron chi connectivity index (χ2n) is 7.23. The fraction of sp³-hybridized carbons (Fsp3) is 0.160. The molecule has 3 aromatic rings. The number of aliphatic carboxylic acids is 1. The fourth-order valence-electron chi connectivity index (χ4n) is 3.07. The lowest BCUT2D eigenvalue weighted by molar-refractivity contribution is -0.275. The standard InChI is InChI=1S/C25H18F6O5S/c26-24(27,28)35-19-5-1-16(2-6-19)22(17-3-7-20(8-4-17)36-25(29,30)31)13-14-37-21-11-9-18(10-12-21)34-15-23(32)33/h1-13H,14-15H2,(H,32,33). The number of ether oxygens (including phenoxy) is 3. The summed E-state index contributed by atoms with van der Waals surface area (Å²) in [6.07, 6.45) is -7.92. The minimum absolute atomic E-state index is 0.380. The van der Waals surface area contributed by atoms with Crippen molar-refractivity contribution in [1.29, 1.82) is 0 Å². The van der Waals surface area contributed by atoms with Crippen LogP contribution in [0.4, 0.5) is 26.3 Å². The maximum atomic E-state index is 12.5. The molecule has 0 unspecified atom stereocenters. The Morgan fingerprint density at radius 2 is 1.16 bits per heavy atom. The maximum Gasteiger partial charge on any atom is 0.573 e. The van der Waals surface area contributed by atoms with Crippen LogP contribution in [0.25, 0.3) is 5.57 Å². The van der Waals surface area contributed by atoms with Gasteiger partial charge in [-0.15, -0.1) is 38.1 Å². The lowest BCUT2D eigenvalue weighted by atomic mass is 9.97. The molecule has 0 amide bonds. The van der Waals surface area contributed by atoms with Gasteiger partial charge < -0.3 is 19.3 Å². The van der Waals surface area contributed by atoms with Gasteiger partial charge in [0, 0.05) is 10.6 Å². The molecular weight excluding hydrogens is 526 g/mol. The highest BCUT2D eigenvalue weighted by atomic mass is 32.2.